The number of nitrogens with zero attached hydrogens (tertiary/aromatic N) is 3. The molecule has 2 heterocycles. The summed E-state index contributed by atoms with van der Waals surface area (Å²) in [6, 6.07) is 22.2. The van der Waals surface area contributed by atoms with Crippen LogP contribution in [0.4, 0.5) is 0 Å². The summed E-state index contributed by atoms with van der Waals surface area (Å²) in [5.41, 5.74) is 3.04. The van der Waals surface area contributed by atoms with Crippen LogP contribution in [0.1, 0.15) is 43.5 Å². The summed E-state index contributed by atoms with van der Waals surface area (Å²) in [4.78, 5) is 35.9. The Hall–Kier alpha value is -4.38. The number of benzene rings is 4. The van der Waals surface area contributed by atoms with E-state index in [9.17, 15) is 9.59 Å². The molecule has 1 aliphatic heterocycles. The molecule has 252 valence electrons. The van der Waals surface area contributed by atoms with Crippen LogP contribution in [0.15, 0.2) is 98.3 Å². The second-order valence-electron chi connectivity index (χ2n) is 11.4. The first-order valence-corrected chi connectivity index (χ1v) is 17.8. The lowest BCUT2D eigenvalue weighted by Gasteiger charge is -2.30. The molecule has 1 atom stereocenters. The van der Waals surface area contributed by atoms with E-state index in [0.717, 1.165) is 21.9 Å². The van der Waals surface area contributed by atoms with E-state index in [-0.39, 0.29) is 18.1 Å². The number of carbonyl (C=O) groups excluding carboxylic acids is 1. The van der Waals surface area contributed by atoms with E-state index in [2.05, 4.69) is 15.9 Å². The van der Waals surface area contributed by atoms with E-state index in [0.29, 0.717) is 66.0 Å². The van der Waals surface area contributed by atoms with Crippen LogP contribution in [0.25, 0.3) is 16.8 Å². The molecular formula is C38H35BrClN3O5S. The number of methoxy groups -OCH3 is 2. The van der Waals surface area contributed by atoms with Crippen LogP contribution in [0, 0.1) is 0 Å². The van der Waals surface area contributed by atoms with Crippen molar-refractivity contribution < 1.29 is 19.0 Å². The van der Waals surface area contributed by atoms with Gasteiger partial charge in [-0.25, -0.2) is 4.99 Å². The number of thiazole rings is 1. The quantitative estimate of drug-likeness (QED) is 0.150. The van der Waals surface area contributed by atoms with Gasteiger partial charge in [-0.15, -0.1) is 0 Å². The average molecular weight is 761 g/mol. The summed E-state index contributed by atoms with van der Waals surface area (Å²) in [5.74, 6) is 1.42. The molecule has 0 radical (unpaired) electrons. The van der Waals surface area contributed by atoms with Crippen molar-refractivity contribution in [3.05, 3.63) is 130 Å². The molecule has 0 aliphatic carbocycles. The van der Waals surface area contributed by atoms with Crippen LogP contribution in [0.3, 0.4) is 0 Å². The fourth-order valence-corrected chi connectivity index (χ4v) is 7.98. The van der Waals surface area contributed by atoms with Gasteiger partial charge in [0.05, 0.1) is 34.5 Å². The average Bonchev–Trinajstić information content (AvgIpc) is 3.40. The van der Waals surface area contributed by atoms with Gasteiger partial charge >= 0.3 is 0 Å². The van der Waals surface area contributed by atoms with E-state index < -0.39 is 6.04 Å². The second kappa shape index (κ2) is 14.6. The SMILES string of the molecule is CCN(CC)C(=O)C1=C(C)N=c2s/c(=C/c3cc(Br)c(OCc4ccccc4Cl)c(OC)c3)c(=O)n2[C@@H]1c1c(OC)ccc2ccccc12. The van der Waals surface area contributed by atoms with Gasteiger partial charge in [0.2, 0.25) is 0 Å². The minimum atomic E-state index is -0.769. The fourth-order valence-electron chi connectivity index (χ4n) is 6.16. The molecule has 0 spiro atoms. The maximum absolute atomic E-state index is 14.5. The zero-order chi connectivity index (χ0) is 34.8. The molecule has 8 nitrogen and oxygen atoms in total. The third-order valence-corrected chi connectivity index (χ3v) is 10.5. The van der Waals surface area contributed by atoms with Gasteiger partial charge in [-0.3, -0.25) is 14.2 Å². The van der Waals surface area contributed by atoms with Gasteiger partial charge in [-0.1, -0.05) is 71.5 Å². The van der Waals surface area contributed by atoms with Crippen molar-refractivity contribution in [3.63, 3.8) is 0 Å². The molecule has 49 heavy (non-hydrogen) atoms. The van der Waals surface area contributed by atoms with Crippen molar-refractivity contribution in [2.75, 3.05) is 27.3 Å². The summed E-state index contributed by atoms with van der Waals surface area (Å²) in [6.45, 7) is 7.01. The van der Waals surface area contributed by atoms with Crippen LogP contribution in [-0.2, 0) is 11.4 Å². The monoisotopic (exact) mass is 759 g/mol. The lowest BCUT2D eigenvalue weighted by atomic mass is 9.90. The molecule has 0 unspecified atom stereocenters. The molecule has 0 fully saturated rings. The van der Waals surface area contributed by atoms with Crippen molar-refractivity contribution >= 4 is 61.6 Å². The number of carbonyl (C=O) groups is 1. The van der Waals surface area contributed by atoms with Crippen LogP contribution in [0.2, 0.25) is 5.02 Å². The third-order valence-electron chi connectivity index (χ3n) is 8.61. The third kappa shape index (κ3) is 6.52. The zero-order valence-electron chi connectivity index (χ0n) is 27.8. The first-order valence-electron chi connectivity index (χ1n) is 15.8. The minimum absolute atomic E-state index is 0.165. The smallest absolute Gasteiger partial charge is 0.271 e. The first-order chi connectivity index (χ1) is 23.7. The molecule has 5 aromatic rings. The lowest BCUT2D eigenvalue weighted by Crippen LogP contribution is -2.43. The van der Waals surface area contributed by atoms with Gasteiger partial charge in [0.15, 0.2) is 16.3 Å². The Bertz CT molecular complexity index is 2290. The number of fused-ring (bicyclic) bond motifs is 2. The Morgan fingerprint density at radius 2 is 1.73 bits per heavy atom. The molecule has 11 heteroatoms. The van der Waals surface area contributed by atoms with E-state index in [1.807, 2.05) is 93.6 Å². The maximum atomic E-state index is 14.5. The van der Waals surface area contributed by atoms with Crippen molar-refractivity contribution in [2.24, 2.45) is 4.99 Å². The van der Waals surface area contributed by atoms with Gasteiger partial charge in [-0.2, -0.15) is 0 Å². The molecule has 4 aromatic carbocycles. The first kappa shape index (κ1) is 34.5. The Kier molecular flexibility index (Phi) is 10.3. The largest absolute Gasteiger partial charge is 0.496 e. The van der Waals surface area contributed by atoms with Crippen LogP contribution < -0.4 is 29.1 Å². The van der Waals surface area contributed by atoms with Gasteiger partial charge in [0.25, 0.3) is 11.5 Å². The Morgan fingerprint density at radius 3 is 2.45 bits per heavy atom. The number of hydrogen-bond donors (Lipinski definition) is 0. The molecule has 0 bridgehead atoms. The second-order valence-corrected chi connectivity index (χ2v) is 13.6. The van der Waals surface area contributed by atoms with Crippen LogP contribution in [-0.4, -0.2) is 42.7 Å². The standard InChI is InChI=1S/C38H35BrClN3O5S/c1-6-42(7-2)37(45)32-22(3)41-38-43(34(32)33-26-14-10-8-12-24(26)16-17-29(33)46-4)36(44)31(49-38)20-23-18-27(39)35(30(19-23)47-5)48-21-25-13-9-11-15-28(25)40/h8-20,34H,6-7,21H2,1-5H3/b31-20+/t34-/m0/s1. The minimum Gasteiger partial charge on any atom is -0.496 e. The number of rotatable bonds is 10. The molecule has 0 N–H and O–H groups in total. The van der Waals surface area contributed by atoms with E-state index in [1.54, 1.807) is 29.8 Å². The van der Waals surface area contributed by atoms with Gasteiger partial charge < -0.3 is 19.1 Å². The number of aromatic nitrogens is 1. The Balaban J connectivity index is 1.52. The van der Waals surface area contributed by atoms with Crippen molar-refractivity contribution in [1.29, 1.82) is 0 Å². The maximum Gasteiger partial charge on any atom is 0.271 e. The summed E-state index contributed by atoms with van der Waals surface area (Å²) in [5, 5.41) is 2.47. The van der Waals surface area contributed by atoms with Crippen molar-refractivity contribution in [2.45, 2.75) is 33.4 Å². The number of likely N-dealkylation sites (N-methyl/N-ethyl adjacent to an activating group) is 1. The predicted octanol–water partition coefficient (Wildman–Crippen LogP) is 7.27. The summed E-state index contributed by atoms with van der Waals surface area (Å²) in [7, 11) is 3.17. The number of hydrogen-bond acceptors (Lipinski definition) is 7. The zero-order valence-corrected chi connectivity index (χ0v) is 30.9. The summed E-state index contributed by atoms with van der Waals surface area (Å²) >= 11 is 11.2. The topological polar surface area (TPSA) is 82.4 Å². The molecule has 1 amide bonds. The van der Waals surface area contributed by atoms with Crippen LogP contribution >= 0.6 is 38.9 Å². The van der Waals surface area contributed by atoms with E-state index in [1.165, 1.54) is 11.3 Å². The molecular weight excluding hydrogens is 726 g/mol. The van der Waals surface area contributed by atoms with Crippen molar-refractivity contribution in [3.8, 4) is 17.2 Å². The van der Waals surface area contributed by atoms with Gasteiger partial charge in [0, 0.05) is 29.2 Å². The van der Waals surface area contributed by atoms with Gasteiger partial charge in [-0.05, 0) is 83.4 Å². The normalized spacial score (nSPS) is 14.4. The summed E-state index contributed by atoms with van der Waals surface area (Å²) in [6.07, 6.45) is 1.80. The van der Waals surface area contributed by atoms with Gasteiger partial charge in [0.1, 0.15) is 18.4 Å². The Morgan fingerprint density at radius 1 is 1.02 bits per heavy atom. The number of allylic oxidation sites excluding steroid dienone is 1. The van der Waals surface area contributed by atoms with E-state index in [4.69, 9.17) is 30.8 Å². The number of halogens is 2. The Labute approximate surface area is 301 Å². The molecule has 1 aromatic heterocycles. The molecule has 6 rings (SSSR count). The highest BCUT2D eigenvalue weighted by Gasteiger charge is 2.36. The highest BCUT2D eigenvalue weighted by atomic mass is 79.9. The van der Waals surface area contributed by atoms with Crippen LogP contribution in [0.5, 0.6) is 17.2 Å². The number of amides is 1. The predicted molar refractivity (Wildman–Crippen MR) is 199 cm³/mol. The van der Waals surface area contributed by atoms with E-state index >= 15 is 0 Å². The highest BCUT2D eigenvalue weighted by Crippen LogP contribution is 2.41. The number of ether oxygens (including phenoxy) is 3. The molecule has 0 saturated carbocycles. The summed E-state index contributed by atoms with van der Waals surface area (Å²) < 4.78 is 20.5. The van der Waals surface area contributed by atoms with Crippen molar-refractivity contribution in [1.82, 2.24) is 9.47 Å². The fraction of sp³-hybridized carbons (Fsp3) is 0.237. The molecule has 0 saturated heterocycles. The highest BCUT2D eigenvalue weighted by molar-refractivity contribution is 9.10. The lowest BCUT2D eigenvalue weighted by molar-refractivity contribution is -0.127. The molecule has 1 aliphatic rings.